The van der Waals surface area contributed by atoms with Crippen LogP contribution in [-0.2, 0) is 9.53 Å². The van der Waals surface area contributed by atoms with E-state index >= 15 is 0 Å². The Kier molecular flexibility index (Phi) is 6.21. The van der Waals surface area contributed by atoms with Crippen LogP contribution in [0.1, 0.15) is 10.4 Å². The van der Waals surface area contributed by atoms with E-state index in [0.29, 0.717) is 35.2 Å². The number of carbonyl (C=O) groups is 2. The zero-order valence-corrected chi connectivity index (χ0v) is 15.6. The van der Waals surface area contributed by atoms with E-state index in [1.165, 1.54) is 26.4 Å². The first-order valence-electron chi connectivity index (χ1n) is 8.65. The lowest BCUT2D eigenvalue weighted by molar-refractivity contribution is -0.123. The van der Waals surface area contributed by atoms with E-state index in [1.807, 2.05) is 24.3 Å². The van der Waals surface area contributed by atoms with E-state index in [9.17, 15) is 9.59 Å². The van der Waals surface area contributed by atoms with Crippen molar-refractivity contribution < 1.29 is 33.3 Å². The molecule has 1 atom stereocenters. The van der Waals surface area contributed by atoms with Crippen LogP contribution >= 0.6 is 0 Å². The summed E-state index contributed by atoms with van der Waals surface area (Å²) in [5, 5.41) is 2.75. The first kappa shape index (κ1) is 19.3. The van der Waals surface area contributed by atoms with Crippen LogP contribution in [0.5, 0.6) is 23.0 Å². The molecule has 8 heteroatoms. The minimum atomic E-state index is -0.487. The quantitative estimate of drug-likeness (QED) is 0.725. The number of para-hydroxylation sites is 2. The van der Waals surface area contributed by atoms with Crippen molar-refractivity contribution in [3.63, 3.8) is 0 Å². The van der Waals surface area contributed by atoms with Gasteiger partial charge in [0.05, 0.1) is 26.3 Å². The second kappa shape index (κ2) is 8.98. The van der Waals surface area contributed by atoms with E-state index < -0.39 is 5.97 Å². The van der Waals surface area contributed by atoms with Crippen molar-refractivity contribution in [2.45, 2.75) is 6.10 Å². The maximum Gasteiger partial charge on any atom is 0.337 e. The summed E-state index contributed by atoms with van der Waals surface area (Å²) in [7, 11) is 2.74. The molecule has 0 spiro atoms. The molecule has 0 fully saturated rings. The Morgan fingerprint density at radius 1 is 1.11 bits per heavy atom. The molecular weight excluding hydrogens is 366 g/mol. The minimum absolute atomic E-state index is 0.210. The van der Waals surface area contributed by atoms with Gasteiger partial charge in [-0.05, 0) is 30.3 Å². The number of ether oxygens (including phenoxy) is 5. The summed E-state index contributed by atoms with van der Waals surface area (Å²) in [6.45, 7) is 0.425. The van der Waals surface area contributed by atoms with Crippen LogP contribution < -0.4 is 24.3 Å². The van der Waals surface area contributed by atoms with E-state index in [-0.39, 0.29) is 25.2 Å². The highest BCUT2D eigenvalue weighted by Crippen LogP contribution is 2.31. The van der Waals surface area contributed by atoms with Gasteiger partial charge in [-0.1, -0.05) is 12.1 Å². The van der Waals surface area contributed by atoms with Crippen LogP contribution in [0.4, 0.5) is 0 Å². The van der Waals surface area contributed by atoms with Gasteiger partial charge >= 0.3 is 5.97 Å². The largest absolute Gasteiger partial charge is 0.493 e. The average molecular weight is 387 g/mol. The smallest absolute Gasteiger partial charge is 0.337 e. The maximum absolute atomic E-state index is 12.1. The fourth-order valence-electron chi connectivity index (χ4n) is 2.62. The van der Waals surface area contributed by atoms with Gasteiger partial charge in [0.25, 0.3) is 5.91 Å². The van der Waals surface area contributed by atoms with Gasteiger partial charge in [0.15, 0.2) is 29.6 Å². The summed E-state index contributed by atoms with van der Waals surface area (Å²) in [6, 6.07) is 11.9. The zero-order chi connectivity index (χ0) is 19.9. The van der Waals surface area contributed by atoms with Crippen LogP contribution in [0.15, 0.2) is 42.5 Å². The predicted octanol–water partition coefficient (Wildman–Crippen LogP) is 1.82. The summed E-state index contributed by atoms with van der Waals surface area (Å²) >= 11 is 0. The topological polar surface area (TPSA) is 92.3 Å². The molecule has 0 bridgehead atoms. The fraction of sp³-hybridized carbons (Fsp3) is 0.300. The Balaban J connectivity index is 1.49. The Morgan fingerprint density at radius 2 is 1.89 bits per heavy atom. The van der Waals surface area contributed by atoms with Crippen LogP contribution in [0.3, 0.4) is 0 Å². The molecule has 3 rings (SSSR count). The molecule has 28 heavy (non-hydrogen) atoms. The molecule has 0 aliphatic carbocycles. The molecule has 2 aromatic rings. The second-order valence-corrected chi connectivity index (χ2v) is 5.95. The Labute approximate surface area is 162 Å². The lowest BCUT2D eigenvalue weighted by atomic mass is 10.2. The van der Waals surface area contributed by atoms with E-state index in [1.54, 1.807) is 6.07 Å². The van der Waals surface area contributed by atoms with Gasteiger partial charge in [-0.2, -0.15) is 0 Å². The first-order valence-corrected chi connectivity index (χ1v) is 8.65. The highest BCUT2D eigenvalue weighted by atomic mass is 16.6. The predicted molar refractivity (Wildman–Crippen MR) is 99.2 cm³/mol. The third-order valence-corrected chi connectivity index (χ3v) is 4.04. The molecule has 0 aromatic heterocycles. The first-order chi connectivity index (χ1) is 13.6. The molecule has 1 amide bonds. The van der Waals surface area contributed by atoms with Gasteiger partial charge in [0, 0.05) is 0 Å². The molecule has 0 saturated carbocycles. The fourth-order valence-corrected chi connectivity index (χ4v) is 2.62. The molecule has 2 aromatic carbocycles. The van der Waals surface area contributed by atoms with Gasteiger partial charge in [-0.3, -0.25) is 4.79 Å². The van der Waals surface area contributed by atoms with Gasteiger partial charge in [0.2, 0.25) is 0 Å². The molecule has 1 aliphatic heterocycles. The van der Waals surface area contributed by atoms with Crippen molar-refractivity contribution in [3.05, 3.63) is 48.0 Å². The third-order valence-electron chi connectivity index (χ3n) is 4.04. The van der Waals surface area contributed by atoms with Crippen LogP contribution in [0.25, 0.3) is 0 Å². The Bertz CT molecular complexity index is 852. The van der Waals surface area contributed by atoms with Crippen LogP contribution in [-0.4, -0.2) is 52.0 Å². The Hall–Kier alpha value is -3.42. The maximum atomic E-state index is 12.1. The number of amides is 1. The van der Waals surface area contributed by atoms with E-state index in [4.69, 9.17) is 18.9 Å². The summed E-state index contributed by atoms with van der Waals surface area (Å²) in [6.07, 6.45) is -0.285. The van der Waals surface area contributed by atoms with Crippen molar-refractivity contribution in [2.75, 3.05) is 34.0 Å². The van der Waals surface area contributed by atoms with Crippen LogP contribution in [0, 0.1) is 0 Å². The molecular formula is C20H21NO7. The molecule has 0 radical (unpaired) electrons. The standard InChI is InChI=1S/C20H21NO7/c1-24-18-9-13(20(23)25-2)7-8-16(18)27-12-19(22)21-10-14-11-26-15-5-3-4-6-17(15)28-14/h3-9,14H,10-12H2,1-2H3,(H,21,22)/t14-/m0/s1. The Morgan fingerprint density at radius 3 is 2.64 bits per heavy atom. The summed E-state index contributed by atoms with van der Waals surface area (Å²) in [4.78, 5) is 23.6. The number of nitrogens with one attached hydrogen (secondary N) is 1. The lowest BCUT2D eigenvalue weighted by Gasteiger charge is -2.26. The summed E-state index contributed by atoms with van der Waals surface area (Å²) < 4.78 is 26.7. The number of fused-ring (bicyclic) bond motifs is 1. The zero-order valence-electron chi connectivity index (χ0n) is 15.6. The molecule has 1 heterocycles. The molecule has 148 valence electrons. The van der Waals surface area contributed by atoms with Gasteiger partial charge in [0.1, 0.15) is 12.7 Å². The molecule has 0 unspecified atom stereocenters. The normalized spacial score (nSPS) is 14.7. The molecule has 8 nitrogen and oxygen atoms in total. The highest BCUT2D eigenvalue weighted by Gasteiger charge is 2.21. The van der Waals surface area contributed by atoms with Gasteiger partial charge in [-0.15, -0.1) is 0 Å². The molecule has 0 saturated heterocycles. The monoisotopic (exact) mass is 387 g/mol. The number of benzene rings is 2. The number of rotatable bonds is 7. The molecule has 1 aliphatic rings. The summed E-state index contributed by atoms with van der Waals surface area (Å²) in [5.74, 6) is 1.21. The third kappa shape index (κ3) is 4.64. The highest BCUT2D eigenvalue weighted by molar-refractivity contribution is 5.90. The number of methoxy groups -OCH3 is 2. The SMILES string of the molecule is COC(=O)c1ccc(OCC(=O)NC[C@H]2COc3ccccc3O2)c(OC)c1. The van der Waals surface area contributed by atoms with Crippen molar-refractivity contribution >= 4 is 11.9 Å². The van der Waals surface area contributed by atoms with Crippen molar-refractivity contribution in [2.24, 2.45) is 0 Å². The van der Waals surface area contributed by atoms with E-state index in [0.717, 1.165) is 0 Å². The van der Waals surface area contributed by atoms with Crippen molar-refractivity contribution in [1.82, 2.24) is 5.32 Å². The van der Waals surface area contributed by atoms with Gasteiger partial charge in [-0.25, -0.2) is 4.79 Å². The number of hydrogen-bond acceptors (Lipinski definition) is 7. The van der Waals surface area contributed by atoms with Gasteiger partial charge < -0.3 is 29.0 Å². The number of esters is 1. The number of carbonyl (C=O) groups excluding carboxylic acids is 2. The van der Waals surface area contributed by atoms with E-state index in [2.05, 4.69) is 10.1 Å². The van der Waals surface area contributed by atoms with Crippen molar-refractivity contribution in [3.8, 4) is 23.0 Å². The second-order valence-electron chi connectivity index (χ2n) is 5.95. The minimum Gasteiger partial charge on any atom is -0.493 e. The van der Waals surface area contributed by atoms with Crippen LogP contribution in [0.2, 0.25) is 0 Å². The average Bonchev–Trinajstić information content (AvgIpc) is 2.75. The van der Waals surface area contributed by atoms with Crippen molar-refractivity contribution in [1.29, 1.82) is 0 Å². The summed E-state index contributed by atoms with van der Waals surface area (Å²) in [5.41, 5.74) is 0.325. The lowest BCUT2D eigenvalue weighted by Crippen LogP contribution is -2.42. The molecule has 1 N–H and O–H groups in total. The number of hydrogen-bond donors (Lipinski definition) is 1.